The minimum atomic E-state index is -0.0114. The number of rotatable bonds is 3. The first-order chi connectivity index (χ1) is 6.49. The van der Waals surface area contributed by atoms with Crippen molar-refractivity contribution in [3.8, 4) is 0 Å². The van der Waals surface area contributed by atoms with Crippen LogP contribution in [0.2, 0.25) is 0 Å². The molecule has 1 aliphatic rings. The van der Waals surface area contributed by atoms with Gasteiger partial charge in [-0.3, -0.25) is 9.69 Å². The van der Waals surface area contributed by atoms with Crippen molar-refractivity contribution in [2.75, 3.05) is 19.8 Å². The van der Waals surface area contributed by atoms with Gasteiger partial charge in [-0.25, -0.2) is 0 Å². The van der Waals surface area contributed by atoms with E-state index in [4.69, 9.17) is 4.74 Å². The molecule has 1 heterocycles. The summed E-state index contributed by atoms with van der Waals surface area (Å²) in [4.78, 5) is 13.9. The van der Waals surface area contributed by atoms with Crippen molar-refractivity contribution in [1.29, 1.82) is 0 Å². The molecule has 0 aromatic rings. The predicted molar refractivity (Wildman–Crippen MR) is 56.4 cm³/mol. The zero-order chi connectivity index (χ0) is 10.8. The smallest absolute Gasteiger partial charge is 0.149 e. The SMILES string of the molecule is CCC(=O)C(C)N1CCOCC1(C)C. The van der Waals surface area contributed by atoms with Crippen LogP contribution in [0.4, 0.5) is 0 Å². The lowest BCUT2D eigenvalue weighted by atomic mass is 9.98. The first kappa shape index (κ1) is 11.7. The topological polar surface area (TPSA) is 29.5 Å². The summed E-state index contributed by atoms with van der Waals surface area (Å²) >= 11 is 0. The van der Waals surface area contributed by atoms with E-state index in [0.717, 1.165) is 13.2 Å². The van der Waals surface area contributed by atoms with E-state index in [2.05, 4.69) is 18.7 Å². The molecular weight excluding hydrogens is 178 g/mol. The Kier molecular flexibility index (Phi) is 3.67. The van der Waals surface area contributed by atoms with Gasteiger partial charge in [0, 0.05) is 18.5 Å². The van der Waals surface area contributed by atoms with E-state index < -0.39 is 0 Å². The van der Waals surface area contributed by atoms with Crippen LogP contribution < -0.4 is 0 Å². The fourth-order valence-electron chi connectivity index (χ4n) is 2.06. The van der Waals surface area contributed by atoms with Gasteiger partial charge in [0.1, 0.15) is 5.78 Å². The van der Waals surface area contributed by atoms with Crippen molar-refractivity contribution in [3.63, 3.8) is 0 Å². The van der Waals surface area contributed by atoms with Crippen LogP contribution in [0.3, 0.4) is 0 Å². The van der Waals surface area contributed by atoms with Crippen LogP contribution in [-0.2, 0) is 9.53 Å². The van der Waals surface area contributed by atoms with Gasteiger partial charge in [0.25, 0.3) is 0 Å². The Morgan fingerprint density at radius 3 is 2.71 bits per heavy atom. The highest BCUT2D eigenvalue weighted by molar-refractivity contribution is 5.83. The number of morpholine rings is 1. The van der Waals surface area contributed by atoms with Crippen molar-refractivity contribution in [1.82, 2.24) is 4.90 Å². The minimum absolute atomic E-state index is 0.0114. The van der Waals surface area contributed by atoms with Gasteiger partial charge in [0.15, 0.2) is 0 Å². The number of carbonyl (C=O) groups is 1. The van der Waals surface area contributed by atoms with Gasteiger partial charge in [-0.05, 0) is 20.8 Å². The van der Waals surface area contributed by atoms with Crippen LogP contribution in [0, 0.1) is 0 Å². The van der Waals surface area contributed by atoms with Crippen LogP contribution in [0.1, 0.15) is 34.1 Å². The molecule has 82 valence electrons. The Morgan fingerprint density at radius 2 is 2.21 bits per heavy atom. The van der Waals surface area contributed by atoms with E-state index in [1.807, 2.05) is 13.8 Å². The summed E-state index contributed by atoms with van der Waals surface area (Å²) in [5.74, 6) is 0.319. The highest BCUT2D eigenvalue weighted by Gasteiger charge is 2.35. The molecule has 0 N–H and O–H groups in total. The summed E-state index contributed by atoms with van der Waals surface area (Å²) < 4.78 is 5.43. The Labute approximate surface area is 86.4 Å². The first-order valence-corrected chi connectivity index (χ1v) is 5.36. The molecule has 1 aliphatic heterocycles. The number of carbonyl (C=O) groups excluding carboxylic acids is 1. The number of hydrogen-bond acceptors (Lipinski definition) is 3. The fraction of sp³-hybridized carbons (Fsp3) is 0.909. The molecule has 1 rings (SSSR count). The van der Waals surface area contributed by atoms with E-state index in [9.17, 15) is 4.79 Å². The Balaban J connectivity index is 2.69. The first-order valence-electron chi connectivity index (χ1n) is 5.36. The summed E-state index contributed by atoms with van der Waals surface area (Å²) in [6.45, 7) is 10.5. The average Bonchev–Trinajstić information content (AvgIpc) is 2.15. The van der Waals surface area contributed by atoms with Crippen LogP contribution in [-0.4, -0.2) is 42.0 Å². The molecular formula is C11H21NO2. The number of nitrogens with zero attached hydrogens (tertiary/aromatic N) is 1. The van der Waals surface area contributed by atoms with Gasteiger partial charge < -0.3 is 4.74 Å². The number of hydrogen-bond donors (Lipinski definition) is 0. The summed E-state index contributed by atoms with van der Waals surface area (Å²) in [7, 11) is 0. The van der Waals surface area contributed by atoms with Gasteiger partial charge in [0.05, 0.1) is 19.3 Å². The van der Waals surface area contributed by atoms with E-state index in [1.165, 1.54) is 0 Å². The molecule has 0 radical (unpaired) electrons. The molecule has 1 saturated heterocycles. The van der Waals surface area contributed by atoms with Crippen LogP contribution in [0.25, 0.3) is 0 Å². The summed E-state index contributed by atoms with van der Waals surface area (Å²) in [5, 5.41) is 0. The third-order valence-electron chi connectivity index (χ3n) is 2.99. The third-order valence-corrected chi connectivity index (χ3v) is 2.99. The van der Waals surface area contributed by atoms with Gasteiger partial charge in [-0.2, -0.15) is 0 Å². The maximum Gasteiger partial charge on any atom is 0.149 e. The second kappa shape index (κ2) is 4.41. The van der Waals surface area contributed by atoms with Gasteiger partial charge in [-0.1, -0.05) is 6.92 Å². The van der Waals surface area contributed by atoms with E-state index in [0.29, 0.717) is 18.8 Å². The molecule has 0 saturated carbocycles. The molecule has 0 aromatic carbocycles. The van der Waals surface area contributed by atoms with Crippen molar-refractivity contribution in [2.45, 2.75) is 45.7 Å². The second-order valence-electron chi connectivity index (χ2n) is 4.55. The van der Waals surface area contributed by atoms with Crippen molar-refractivity contribution in [2.24, 2.45) is 0 Å². The van der Waals surface area contributed by atoms with E-state index in [-0.39, 0.29) is 11.6 Å². The molecule has 1 atom stereocenters. The normalized spacial score (nSPS) is 24.6. The van der Waals surface area contributed by atoms with Crippen molar-refractivity contribution < 1.29 is 9.53 Å². The maximum absolute atomic E-state index is 11.6. The third kappa shape index (κ3) is 2.34. The molecule has 0 aromatic heterocycles. The zero-order valence-corrected chi connectivity index (χ0v) is 9.67. The molecule has 0 amide bonds. The molecule has 3 nitrogen and oxygen atoms in total. The minimum Gasteiger partial charge on any atom is -0.378 e. The quantitative estimate of drug-likeness (QED) is 0.689. The zero-order valence-electron chi connectivity index (χ0n) is 9.67. The summed E-state index contributed by atoms with van der Waals surface area (Å²) in [5.41, 5.74) is -0.0114. The average molecular weight is 199 g/mol. The largest absolute Gasteiger partial charge is 0.378 e. The predicted octanol–water partition coefficient (Wildman–Crippen LogP) is 1.46. The summed E-state index contributed by atoms with van der Waals surface area (Å²) in [6.07, 6.45) is 0.620. The van der Waals surface area contributed by atoms with Crippen LogP contribution in [0.15, 0.2) is 0 Å². The second-order valence-corrected chi connectivity index (χ2v) is 4.55. The lowest BCUT2D eigenvalue weighted by molar-refractivity contribution is -0.131. The molecule has 1 fully saturated rings. The maximum atomic E-state index is 11.6. The number of ketones is 1. The number of Topliss-reactive ketones (excluding diaryl/α,β-unsaturated/α-hetero) is 1. The molecule has 0 aliphatic carbocycles. The van der Waals surface area contributed by atoms with Gasteiger partial charge in [-0.15, -0.1) is 0 Å². The summed E-state index contributed by atoms with van der Waals surface area (Å²) in [6, 6.07) is 0.0268. The standard InChI is InChI=1S/C11H21NO2/c1-5-10(13)9(2)12-6-7-14-8-11(12,3)4/h9H,5-8H2,1-4H3. The fourth-order valence-corrected chi connectivity index (χ4v) is 2.06. The van der Waals surface area contributed by atoms with Crippen LogP contribution >= 0.6 is 0 Å². The lowest BCUT2D eigenvalue weighted by Crippen LogP contribution is -2.58. The molecule has 3 heteroatoms. The van der Waals surface area contributed by atoms with Crippen LogP contribution in [0.5, 0.6) is 0 Å². The van der Waals surface area contributed by atoms with Crippen molar-refractivity contribution in [3.05, 3.63) is 0 Å². The van der Waals surface area contributed by atoms with Crippen molar-refractivity contribution >= 4 is 5.78 Å². The van der Waals surface area contributed by atoms with E-state index >= 15 is 0 Å². The Hall–Kier alpha value is -0.410. The van der Waals surface area contributed by atoms with Gasteiger partial charge >= 0.3 is 0 Å². The highest BCUT2D eigenvalue weighted by atomic mass is 16.5. The molecule has 14 heavy (non-hydrogen) atoms. The lowest BCUT2D eigenvalue weighted by Gasteiger charge is -2.45. The Bertz CT molecular complexity index is 213. The molecule has 1 unspecified atom stereocenters. The number of ether oxygens (including phenoxy) is 1. The van der Waals surface area contributed by atoms with Gasteiger partial charge in [0.2, 0.25) is 0 Å². The molecule has 0 spiro atoms. The monoisotopic (exact) mass is 199 g/mol. The molecule has 0 bridgehead atoms. The highest BCUT2D eigenvalue weighted by Crippen LogP contribution is 2.22. The Morgan fingerprint density at radius 1 is 1.57 bits per heavy atom. The van der Waals surface area contributed by atoms with E-state index in [1.54, 1.807) is 0 Å².